The molecular formula is C29H29Cl2N5O. The van der Waals surface area contributed by atoms with Crippen LogP contribution in [0.2, 0.25) is 10.0 Å². The third kappa shape index (κ3) is 5.28. The molecule has 0 saturated heterocycles. The number of imidazole rings is 1. The number of hydrogen-bond donors (Lipinski definition) is 1. The summed E-state index contributed by atoms with van der Waals surface area (Å²) in [5.41, 5.74) is 5.02. The van der Waals surface area contributed by atoms with E-state index in [0.717, 1.165) is 62.1 Å². The SMILES string of the molecule is O=C(CC[C@@H]1C[C@@H]1CN(Cc1nc2ccccc2[nH]1)[C@H]1CCCc2cccnc21)c1c(Cl)cncc1Cl. The number of hydrogen-bond acceptors (Lipinski definition) is 5. The van der Waals surface area contributed by atoms with Crippen LogP contribution in [0.15, 0.2) is 55.0 Å². The van der Waals surface area contributed by atoms with Crippen molar-refractivity contribution < 1.29 is 4.79 Å². The van der Waals surface area contributed by atoms with Gasteiger partial charge in [0.05, 0.1) is 44.9 Å². The lowest BCUT2D eigenvalue weighted by atomic mass is 9.90. The van der Waals surface area contributed by atoms with E-state index in [1.54, 1.807) is 0 Å². The maximum atomic E-state index is 12.8. The molecule has 4 aromatic rings. The topological polar surface area (TPSA) is 74.8 Å². The summed E-state index contributed by atoms with van der Waals surface area (Å²) in [4.78, 5) is 32.5. The first-order valence-corrected chi connectivity index (χ1v) is 13.8. The van der Waals surface area contributed by atoms with E-state index in [0.29, 0.717) is 33.9 Å². The van der Waals surface area contributed by atoms with E-state index in [1.165, 1.54) is 23.7 Å². The number of ketones is 1. The molecule has 1 saturated carbocycles. The highest BCUT2D eigenvalue weighted by molar-refractivity contribution is 6.39. The van der Waals surface area contributed by atoms with Gasteiger partial charge in [0.2, 0.25) is 0 Å². The molecule has 37 heavy (non-hydrogen) atoms. The van der Waals surface area contributed by atoms with Gasteiger partial charge in [0.25, 0.3) is 0 Å². The molecule has 3 heterocycles. The van der Waals surface area contributed by atoms with Crippen LogP contribution in [0.5, 0.6) is 0 Å². The third-order valence-corrected chi connectivity index (χ3v) is 8.38. The summed E-state index contributed by atoms with van der Waals surface area (Å²) in [6.45, 7) is 1.72. The molecule has 1 aromatic carbocycles. The fourth-order valence-corrected chi connectivity index (χ4v) is 6.40. The molecule has 0 aliphatic heterocycles. The number of aromatic amines is 1. The van der Waals surface area contributed by atoms with Gasteiger partial charge in [0.1, 0.15) is 5.82 Å². The number of H-pyrrole nitrogens is 1. The highest BCUT2D eigenvalue weighted by Crippen LogP contribution is 2.45. The van der Waals surface area contributed by atoms with Crippen LogP contribution in [0.1, 0.15) is 65.6 Å². The number of benzene rings is 1. The Morgan fingerprint density at radius 2 is 1.92 bits per heavy atom. The monoisotopic (exact) mass is 533 g/mol. The lowest BCUT2D eigenvalue weighted by Crippen LogP contribution is -2.34. The average Bonchev–Trinajstić information content (AvgIpc) is 3.51. The Hall–Kier alpha value is -2.80. The Bertz CT molecular complexity index is 1380. The zero-order chi connectivity index (χ0) is 25.4. The van der Waals surface area contributed by atoms with Crippen molar-refractivity contribution >= 4 is 40.0 Å². The van der Waals surface area contributed by atoms with Gasteiger partial charge in [-0.15, -0.1) is 0 Å². The van der Waals surface area contributed by atoms with Crippen LogP contribution >= 0.6 is 23.2 Å². The molecule has 2 aliphatic carbocycles. The lowest BCUT2D eigenvalue weighted by Gasteiger charge is -2.34. The first kappa shape index (κ1) is 24.5. The van der Waals surface area contributed by atoms with E-state index in [1.807, 2.05) is 30.5 Å². The molecule has 190 valence electrons. The smallest absolute Gasteiger partial charge is 0.166 e. The van der Waals surface area contributed by atoms with Gasteiger partial charge in [-0.2, -0.15) is 0 Å². The van der Waals surface area contributed by atoms with E-state index in [4.69, 9.17) is 33.2 Å². The largest absolute Gasteiger partial charge is 0.341 e. The Labute approximate surface area is 226 Å². The van der Waals surface area contributed by atoms with Crippen LogP contribution < -0.4 is 0 Å². The zero-order valence-corrected chi connectivity index (χ0v) is 22.0. The molecule has 0 bridgehead atoms. The van der Waals surface area contributed by atoms with Gasteiger partial charge >= 0.3 is 0 Å². The molecule has 8 heteroatoms. The van der Waals surface area contributed by atoms with E-state index in [2.05, 4.69) is 27.0 Å². The molecule has 3 aromatic heterocycles. The summed E-state index contributed by atoms with van der Waals surface area (Å²) >= 11 is 12.4. The van der Waals surface area contributed by atoms with Crippen LogP contribution in [0.25, 0.3) is 11.0 Å². The first-order valence-electron chi connectivity index (χ1n) is 13.0. The number of nitrogens with one attached hydrogen (secondary N) is 1. The minimum absolute atomic E-state index is 0.00686. The number of nitrogens with zero attached hydrogens (tertiary/aromatic N) is 4. The maximum absolute atomic E-state index is 12.8. The molecular weight excluding hydrogens is 505 g/mol. The Kier molecular flexibility index (Phi) is 6.98. The molecule has 3 atom stereocenters. The van der Waals surface area contributed by atoms with Crippen molar-refractivity contribution in [2.75, 3.05) is 6.54 Å². The fraction of sp³-hybridized carbons (Fsp3) is 0.379. The summed E-state index contributed by atoms with van der Waals surface area (Å²) < 4.78 is 0. The second-order valence-electron chi connectivity index (χ2n) is 10.3. The Balaban J connectivity index is 1.17. The average molecular weight is 534 g/mol. The molecule has 0 radical (unpaired) electrons. The summed E-state index contributed by atoms with van der Waals surface area (Å²) in [6.07, 6.45) is 10.6. The summed E-state index contributed by atoms with van der Waals surface area (Å²) in [5.74, 6) is 2.05. The predicted octanol–water partition coefficient (Wildman–Crippen LogP) is 6.84. The summed E-state index contributed by atoms with van der Waals surface area (Å²) in [5, 5.41) is 0.649. The molecule has 0 spiro atoms. The maximum Gasteiger partial charge on any atom is 0.166 e. The Morgan fingerprint density at radius 3 is 2.76 bits per heavy atom. The van der Waals surface area contributed by atoms with Crippen LogP contribution in [0.3, 0.4) is 0 Å². The Morgan fingerprint density at radius 1 is 1.08 bits per heavy atom. The van der Waals surface area contributed by atoms with E-state index in [-0.39, 0.29) is 11.8 Å². The van der Waals surface area contributed by atoms with Crippen LogP contribution in [0, 0.1) is 11.8 Å². The number of para-hydroxylation sites is 2. The van der Waals surface area contributed by atoms with Gasteiger partial charge < -0.3 is 4.98 Å². The van der Waals surface area contributed by atoms with Gasteiger partial charge in [-0.3, -0.25) is 19.7 Å². The number of fused-ring (bicyclic) bond motifs is 2. The van der Waals surface area contributed by atoms with E-state index in [9.17, 15) is 4.79 Å². The quantitative estimate of drug-likeness (QED) is 0.238. The number of aryl methyl sites for hydroxylation is 1. The molecule has 1 fully saturated rings. The molecule has 6 nitrogen and oxygen atoms in total. The van der Waals surface area contributed by atoms with Crippen LogP contribution in [-0.4, -0.2) is 37.2 Å². The number of carbonyl (C=O) groups excluding carboxylic acids is 1. The van der Waals surface area contributed by atoms with Crippen molar-refractivity contribution in [3.05, 3.63) is 87.7 Å². The summed E-state index contributed by atoms with van der Waals surface area (Å²) in [7, 11) is 0. The van der Waals surface area contributed by atoms with Gasteiger partial charge in [0, 0.05) is 31.6 Å². The van der Waals surface area contributed by atoms with Crippen molar-refractivity contribution in [3.8, 4) is 0 Å². The number of halogens is 2. The van der Waals surface area contributed by atoms with Crippen molar-refractivity contribution in [1.29, 1.82) is 0 Å². The minimum atomic E-state index is -0.00686. The molecule has 0 amide bonds. The van der Waals surface area contributed by atoms with Crippen LogP contribution in [0.4, 0.5) is 0 Å². The van der Waals surface area contributed by atoms with Crippen molar-refractivity contribution in [3.63, 3.8) is 0 Å². The second kappa shape index (κ2) is 10.5. The molecule has 0 unspecified atom stereocenters. The normalized spacial score (nSPS) is 20.8. The van der Waals surface area contributed by atoms with Gasteiger partial charge in [-0.1, -0.05) is 41.4 Å². The predicted molar refractivity (Wildman–Crippen MR) is 146 cm³/mol. The number of pyridine rings is 2. The summed E-state index contributed by atoms with van der Waals surface area (Å²) in [6, 6.07) is 12.7. The standard InChI is InChI=1S/C29H29Cl2N5O/c30-21-14-32-15-22(31)28(21)26(37)11-10-19-13-20(19)16-36(17-27-34-23-7-1-2-8-24(23)35-27)25-9-3-5-18-6-4-12-33-29(18)25/h1-2,4,6-8,12,14-15,19-20,25H,3,5,9-11,13,16-17H2,(H,34,35)/t19-,20-,25+/m1/s1. The van der Waals surface area contributed by atoms with E-state index >= 15 is 0 Å². The fourth-order valence-electron chi connectivity index (χ4n) is 5.82. The van der Waals surface area contributed by atoms with Gasteiger partial charge in [-0.05, 0) is 67.7 Å². The highest BCUT2D eigenvalue weighted by Gasteiger charge is 2.40. The minimum Gasteiger partial charge on any atom is -0.341 e. The van der Waals surface area contributed by atoms with Crippen molar-refractivity contribution in [2.45, 2.75) is 51.1 Å². The molecule has 1 N–H and O–H groups in total. The van der Waals surface area contributed by atoms with Crippen molar-refractivity contribution in [2.24, 2.45) is 11.8 Å². The van der Waals surface area contributed by atoms with Gasteiger partial charge in [-0.25, -0.2) is 4.98 Å². The highest BCUT2D eigenvalue weighted by atomic mass is 35.5. The molecule has 6 rings (SSSR count). The number of rotatable bonds is 9. The lowest BCUT2D eigenvalue weighted by molar-refractivity contribution is 0.0976. The number of carbonyl (C=O) groups is 1. The second-order valence-corrected chi connectivity index (χ2v) is 11.1. The van der Waals surface area contributed by atoms with E-state index < -0.39 is 0 Å². The third-order valence-electron chi connectivity index (χ3n) is 7.81. The number of Topliss-reactive ketones (excluding diaryl/α,β-unsaturated/α-hetero) is 1. The molecule has 2 aliphatic rings. The van der Waals surface area contributed by atoms with Crippen LogP contribution in [-0.2, 0) is 13.0 Å². The van der Waals surface area contributed by atoms with Crippen molar-refractivity contribution in [1.82, 2.24) is 24.8 Å². The zero-order valence-electron chi connectivity index (χ0n) is 20.5. The number of aromatic nitrogens is 4. The van der Waals surface area contributed by atoms with Gasteiger partial charge in [0.15, 0.2) is 5.78 Å². The first-order chi connectivity index (χ1) is 18.1.